The smallest absolute Gasteiger partial charge is 0.254 e. The van der Waals surface area contributed by atoms with E-state index in [-0.39, 0.29) is 12.5 Å². The van der Waals surface area contributed by atoms with Gasteiger partial charge in [0, 0.05) is 25.4 Å². The lowest BCUT2D eigenvalue weighted by Gasteiger charge is -2.08. The number of aliphatic hydroxyl groups is 1. The van der Waals surface area contributed by atoms with Crippen LogP contribution >= 0.6 is 0 Å². The van der Waals surface area contributed by atoms with Crippen LogP contribution in [0.3, 0.4) is 0 Å². The maximum Gasteiger partial charge on any atom is 0.254 e. The van der Waals surface area contributed by atoms with Gasteiger partial charge in [-0.1, -0.05) is 0 Å². The number of hydrogen-bond donors (Lipinski definition) is 2. The molecular formula is C14H20N4O2. The van der Waals surface area contributed by atoms with Gasteiger partial charge in [-0.3, -0.25) is 4.79 Å². The van der Waals surface area contributed by atoms with E-state index in [9.17, 15) is 4.79 Å². The summed E-state index contributed by atoms with van der Waals surface area (Å²) < 4.78 is 1.69. The van der Waals surface area contributed by atoms with Crippen LogP contribution in [-0.2, 0) is 0 Å². The molecule has 2 aromatic heterocycles. The minimum atomic E-state index is -0.131. The molecule has 0 atom stereocenters. The zero-order valence-corrected chi connectivity index (χ0v) is 11.9. The van der Waals surface area contributed by atoms with Gasteiger partial charge in [0.15, 0.2) is 5.65 Å². The minimum absolute atomic E-state index is 0.131. The summed E-state index contributed by atoms with van der Waals surface area (Å²) in [5, 5.41) is 15.9. The first-order valence-corrected chi connectivity index (χ1v) is 6.84. The van der Waals surface area contributed by atoms with Gasteiger partial charge in [-0.25, -0.2) is 9.50 Å². The zero-order chi connectivity index (χ0) is 14.5. The number of aromatic nitrogens is 3. The van der Waals surface area contributed by atoms with Crippen molar-refractivity contribution < 1.29 is 9.90 Å². The van der Waals surface area contributed by atoms with Gasteiger partial charge in [0.05, 0.1) is 17.0 Å². The Bertz CT molecular complexity index is 606. The molecule has 108 valence electrons. The number of hydrogen-bond acceptors (Lipinski definition) is 4. The Kier molecular flexibility index (Phi) is 4.68. The molecule has 6 nitrogen and oxygen atoms in total. The number of rotatable bonds is 6. The molecule has 0 aromatic carbocycles. The molecule has 2 rings (SSSR count). The van der Waals surface area contributed by atoms with E-state index in [1.54, 1.807) is 10.7 Å². The Labute approximate surface area is 117 Å². The fourth-order valence-electron chi connectivity index (χ4n) is 2.10. The van der Waals surface area contributed by atoms with Crippen LogP contribution in [0, 0.1) is 13.8 Å². The van der Waals surface area contributed by atoms with Crippen LogP contribution < -0.4 is 5.32 Å². The summed E-state index contributed by atoms with van der Waals surface area (Å²) in [5.74, 6) is -0.131. The van der Waals surface area contributed by atoms with Crippen molar-refractivity contribution in [1.82, 2.24) is 19.9 Å². The first kappa shape index (κ1) is 14.5. The van der Waals surface area contributed by atoms with Crippen LogP contribution in [0.5, 0.6) is 0 Å². The average Bonchev–Trinajstić information content (AvgIpc) is 2.80. The lowest BCUT2D eigenvalue weighted by molar-refractivity contribution is 0.0951. The third-order valence-electron chi connectivity index (χ3n) is 3.21. The number of carbonyl (C=O) groups is 1. The molecule has 0 aliphatic rings. The van der Waals surface area contributed by atoms with Gasteiger partial charge < -0.3 is 10.4 Å². The minimum Gasteiger partial charge on any atom is -0.396 e. The highest BCUT2D eigenvalue weighted by Crippen LogP contribution is 2.10. The molecule has 2 aromatic rings. The highest BCUT2D eigenvalue weighted by Gasteiger charge is 2.13. The van der Waals surface area contributed by atoms with Gasteiger partial charge in [0.1, 0.15) is 0 Å². The summed E-state index contributed by atoms with van der Waals surface area (Å²) >= 11 is 0. The molecular weight excluding hydrogens is 256 g/mol. The van der Waals surface area contributed by atoms with E-state index < -0.39 is 0 Å². The molecule has 0 aliphatic heterocycles. The maximum absolute atomic E-state index is 12.1. The number of fused-ring (bicyclic) bond motifs is 1. The largest absolute Gasteiger partial charge is 0.396 e. The number of amides is 1. The van der Waals surface area contributed by atoms with E-state index in [2.05, 4.69) is 15.4 Å². The van der Waals surface area contributed by atoms with Gasteiger partial charge in [-0.2, -0.15) is 5.10 Å². The van der Waals surface area contributed by atoms with E-state index in [1.165, 1.54) is 0 Å². The first-order chi connectivity index (χ1) is 9.63. The Balaban J connectivity index is 2.04. The van der Waals surface area contributed by atoms with Crippen LogP contribution in [0.25, 0.3) is 5.65 Å². The molecule has 0 saturated carbocycles. The molecule has 20 heavy (non-hydrogen) atoms. The third kappa shape index (κ3) is 3.14. The molecule has 0 spiro atoms. The average molecular weight is 276 g/mol. The number of nitrogens with zero attached hydrogens (tertiary/aromatic N) is 3. The second kappa shape index (κ2) is 6.47. The first-order valence-electron chi connectivity index (χ1n) is 6.84. The molecule has 0 radical (unpaired) electrons. The van der Waals surface area contributed by atoms with Crippen LogP contribution in [-0.4, -0.2) is 38.8 Å². The molecule has 1 amide bonds. The van der Waals surface area contributed by atoms with Crippen LogP contribution in [0.1, 0.15) is 41.0 Å². The van der Waals surface area contributed by atoms with Crippen LogP contribution in [0.4, 0.5) is 0 Å². The molecule has 2 N–H and O–H groups in total. The second-order valence-corrected chi connectivity index (χ2v) is 4.85. The Morgan fingerprint density at radius 2 is 2.15 bits per heavy atom. The van der Waals surface area contributed by atoms with Gasteiger partial charge in [-0.15, -0.1) is 0 Å². The standard InChI is InChI=1S/C14H20N4O2/c1-10-8-13-16-9-12(11(2)18(13)17-10)14(20)15-6-4-3-5-7-19/h8-9,19H,3-7H2,1-2H3,(H,15,20). The number of carbonyl (C=O) groups excluding carboxylic acids is 1. The summed E-state index contributed by atoms with van der Waals surface area (Å²) in [5.41, 5.74) is 2.96. The Morgan fingerprint density at radius 1 is 1.35 bits per heavy atom. The molecule has 0 unspecified atom stereocenters. The van der Waals surface area contributed by atoms with E-state index in [0.717, 1.165) is 36.3 Å². The van der Waals surface area contributed by atoms with Crippen molar-refractivity contribution in [2.75, 3.05) is 13.2 Å². The van der Waals surface area contributed by atoms with Crippen molar-refractivity contribution in [2.45, 2.75) is 33.1 Å². The fraction of sp³-hybridized carbons (Fsp3) is 0.500. The normalized spacial score (nSPS) is 10.9. The molecule has 0 fully saturated rings. The summed E-state index contributed by atoms with van der Waals surface area (Å²) in [4.78, 5) is 16.4. The van der Waals surface area contributed by atoms with Gasteiger partial charge in [0.2, 0.25) is 0 Å². The lowest BCUT2D eigenvalue weighted by Crippen LogP contribution is -2.26. The third-order valence-corrected chi connectivity index (χ3v) is 3.21. The van der Waals surface area contributed by atoms with Crippen molar-refractivity contribution >= 4 is 11.6 Å². The summed E-state index contributed by atoms with van der Waals surface area (Å²) in [7, 11) is 0. The van der Waals surface area contributed by atoms with Crippen LogP contribution in [0.15, 0.2) is 12.3 Å². The molecule has 0 saturated heterocycles. The Hall–Kier alpha value is -1.95. The molecule has 0 aliphatic carbocycles. The fourth-order valence-corrected chi connectivity index (χ4v) is 2.10. The summed E-state index contributed by atoms with van der Waals surface area (Å²) in [6, 6.07) is 1.88. The van der Waals surface area contributed by atoms with Crippen molar-refractivity contribution in [3.05, 3.63) is 29.2 Å². The monoisotopic (exact) mass is 276 g/mol. The van der Waals surface area contributed by atoms with Gasteiger partial charge in [0.25, 0.3) is 5.91 Å². The van der Waals surface area contributed by atoms with E-state index >= 15 is 0 Å². The molecule has 0 bridgehead atoms. The summed E-state index contributed by atoms with van der Waals surface area (Å²) in [6.07, 6.45) is 4.14. The van der Waals surface area contributed by atoms with Gasteiger partial charge >= 0.3 is 0 Å². The zero-order valence-electron chi connectivity index (χ0n) is 11.9. The predicted octanol–water partition coefficient (Wildman–Crippen LogP) is 1.24. The topological polar surface area (TPSA) is 79.5 Å². The van der Waals surface area contributed by atoms with Crippen molar-refractivity contribution in [3.63, 3.8) is 0 Å². The second-order valence-electron chi connectivity index (χ2n) is 4.85. The number of nitrogens with one attached hydrogen (secondary N) is 1. The van der Waals surface area contributed by atoms with Crippen molar-refractivity contribution in [3.8, 4) is 0 Å². The van der Waals surface area contributed by atoms with Crippen molar-refractivity contribution in [1.29, 1.82) is 0 Å². The number of aliphatic hydroxyl groups excluding tert-OH is 1. The van der Waals surface area contributed by atoms with Crippen LogP contribution in [0.2, 0.25) is 0 Å². The number of unbranched alkanes of at least 4 members (excludes halogenated alkanes) is 2. The van der Waals surface area contributed by atoms with Crippen molar-refractivity contribution in [2.24, 2.45) is 0 Å². The SMILES string of the molecule is Cc1cc2ncc(C(=O)NCCCCCO)c(C)n2n1. The predicted molar refractivity (Wildman–Crippen MR) is 75.7 cm³/mol. The molecule has 6 heteroatoms. The maximum atomic E-state index is 12.1. The molecule has 2 heterocycles. The highest BCUT2D eigenvalue weighted by molar-refractivity contribution is 5.95. The quantitative estimate of drug-likeness (QED) is 0.778. The van der Waals surface area contributed by atoms with Gasteiger partial charge in [-0.05, 0) is 33.1 Å². The summed E-state index contributed by atoms with van der Waals surface area (Å²) in [6.45, 7) is 4.57. The van der Waals surface area contributed by atoms with E-state index in [4.69, 9.17) is 5.11 Å². The van der Waals surface area contributed by atoms with E-state index in [1.807, 2.05) is 19.9 Å². The Morgan fingerprint density at radius 3 is 2.90 bits per heavy atom. The lowest BCUT2D eigenvalue weighted by atomic mass is 10.2. The van der Waals surface area contributed by atoms with E-state index in [0.29, 0.717) is 12.1 Å². The number of aryl methyl sites for hydroxylation is 2. The highest BCUT2D eigenvalue weighted by atomic mass is 16.2.